The Morgan fingerprint density at radius 1 is 1.12 bits per heavy atom. The number of benzene rings is 1. The van der Waals surface area contributed by atoms with Crippen LogP contribution in [0.2, 0.25) is 0 Å². The van der Waals surface area contributed by atoms with E-state index in [1.54, 1.807) is 18.6 Å². The fraction of sp³-hybridized carbons (Fsp3) is 0.500. The molecular weight excluding hydrogens is 312 g/mol. The predicted molar refractivity (Wildman–Crippen MR) is 101 cm³/mol. The molecule has 1 heterocycles. The summed E-state index contributed by atoms with van der Waals surface area (Å²) < 4.78 is 5.82. The molecule has 0 radical (unpaired) electrons. The zero-order valence-corrected chi connectivity index (χ0v) is 15.2. The lowest BCUT2D eigenvalue weighted by molar-refractivity contribution is 0.310. The van der Waals surface area contributed by atoms with Crippen LogP contribution in [0, 0.1) is 0 Å². The molecule has 134 valence electrons. The molecule has 0 saturated heterocycles. The molecule has 2 aromatic rings. The minimum Gasteiger partial charge on any atom is -0.494 e. The number of hydrogen-bond acceptors (Lipinski definition) is 5. The van der Waals surface area contributed by atoms with Crippen LogP contribution in [-0.4, -0.2) is 35.7 Å². The maximum absolute atomic E-state index is 5.82. The van der Waals surface area contributed by atoms with Crippen LogP contribution < -0.4 is 15.4 Å². The first-order chi connectivity index (χ1) is 12.3. The van der Waals surface area contributed by atoms with Crippen LogP contribution in [0.1, 0.15) is 38.2 Å². The van der Waals surface area contributed by atoms with Gasteiger partial charge in [-0.05, 0) is 57.9 Å². The zero-order valence-electron chi connectivity index (χ0n) is 15.2. The molecule has 1 saturated carbocycles. The molecule has 0 atom stereocenters. The van der Waals surface area contributed by atoms with E-state index >= 15 is 0 Å². The van der Waals surface area contributed by atoms with E-state index in [4.69, 9.17) is 4.74 Å². The summed E-state index contributed by atoms with van der Waals surface area (Å²) in [6.45, 7) is 3.51. The summed E-state index contributed by atoms with van der Waals surface area (Å²) in [5.41, 5.74) is 3.15. The normalized spacial score (nSPS) is 20.4. The molecule has 2 N–H and O–H groups in total. The molecule has 5 nitrogen and oxygen atoms in total. The Morgan fingerprint density at radius 2 is 1.92 bits per heavy atom. The second-order valence-electron chi connectivity index (χ2n) is 6.56. The Labute approximate surface area is 150 Å². The third-order valence-electron chi connectivity index (χ3n) is 4.94. The van der Waals surface area contributed by atoms with Crippen molar-refractivity contribution in [2.24, 2.45) is 0 Å². The molecule has 5 heteroatoms. The molecule has 25 heavy (non-hydrogen) atoms. The fourth-order valence-electron chi connectivity index (χ4n) is 3.46. The van der Waals surface area contributed by atoms with Gasteiger partial charge >= 0.3 is 0 Å². The van der Waals surface area contributed by atoms with E-state index in [1.165, 1.54) is 31.2 Å². The van der Waals surface area contributed by atoms with Gasteiger partial charge in [0.05, 0.1) is 18.5 Å². The molecule has 1 aliphatic carbocycles. The van der Waals surface area contributed by atoms with Crippen LogP contribution in [0.3, 0.4) is 0 Å². The summed E-state index contributed by atoms with van der Waals surface area (Å²) in [6.07, 6.45) is 10.1. The Balaban J connectivity index is 1.70. The standard InChI is InChI=1S/C20H28N4O/c1-3-25-20-9-4-15(19-14-22-10-11-23-19)12-16(20)13-24-18-7-5-17(21-2)6-8-18/h4,9-12,14,17-18,21,24H,3,5-8,13H2,1-2H3. The number of nitrogens with one attached hydrogen (secondary N) is 2. The second-order valence-corrected chi connectivity index (χ2v) is 6.56. The fourth-order valence-corrected chi connectivity index (χ4v) is 3.46. The van der Waals surface area contributed by atoms with Crippen molar-refractivity contribution in [1.29, 1.82) is 0 Å². The van der Waals surface area contributed by atoms with Crippen molar-refractivity contribution in [3.05, 3.63) is 42.4 Å². The van der Waals surface area contributed by atoms with Gasteiger partial charge in [-0.25, -0.2) is 0 Å². The number of aromatic nitrogens is 2. The number of rotatable bonds is 7. The smallest absolute Gasteiger partial charge is 0.123 e. The molecule has 3 rings (SSSR count). The van der Waals surface area contributed by atoms with Gasteiger partial charge < -0.3 is 15.4 Å². The van der Waals surface area contributed by atoms with Crippen molar-refractivity contribution in [1.82, 2.24) is 20.6 Å². The zero-order chi connectivity index (χ0) is 17.5. The Hall–Kier alpha value is -1.98. The number of nitrogens with zero attached hydrogens (tertiary/aromatic N) is 2. The first-order valence-corrected chi connectivity index (χ1v) is 9.23. The molecular formula is C20H28N4O. The van der Waals surface area contributed by atoms with Crippen molar-refractivity contribution in [3.8, 4) is 17.0 Å². The molecule has 0 unspecified atom stereocenters. The van der Waals surface area contributed by atoms with Crippen LogP contribution in [0.15, 0.2) is 36.8 Å². The van der Waals surface area contributed by atoms with Crippen molar-refractivity contribution in [3.63, 3.8) is 0 Å². The molecule has 1 aromatic carbocycles. The van der Waals surface area contributed by atoms with Crippen LogP contribution in [0.4, 0.5) is 0 Å². The lowest BCUT2D eigenvalue weighted by Gasteiger charge is -2.29. The number of ether oxygens (including phenoxy) is 1. The quantitative estimate of drug-likeness (QED) is 0.811. The molecule has 0 bridgehead atoms. The average molecular weight is 340 g/mol. The van der Waals surface area contributed by atoms with Crippen LogP contribution >= 0.6 is 0 Å². The molecule has 0 spiro atoms. The van der Waals surface area contributed by atoms with Gasteiger partial charge in [0.15, 0.2) is 0 Å². The van der Waals surface area contributed by atoms with Gasteiger partial charge in [-0.15, -0.1) is 0 Å². The van der Waals surface area contributed by atoms with Crippen LogP contribution in [0.5, 0.6) is 5.75 Å². The summed E-state index contributed by atoms with van der Waals surface area (Å²) in [7, 11) is 2.06. The van der Waals surface area contributed by atoms with E-state index in [2.05, 4.69) is 39.8 Å². The van der Waals surface area contributed by atoms with E-state index in [9.17, 15) is 0 Å². The highest BCUT2D eigenvalue weighted by Crippen LogP contribution is 2.26. The molecule has 1 aliphatic rings. The highest BCUT2D eigenvalue weighted by Gasteiger charge is 2.19. The Morgan fingerprint density at radius 3 is 2.60 bits per heavy atom. The topological polar surface area (TPSA) is 59.1 Å². The van der Waals surface area contributed by atoms with Crippen LogP contribution in [-0.2, 0) is 6.54 Å². The average Bonchev–Trinajstić information content (AvgIpc) is 2.68. The molecule has 1 fully saturated rings. The van der Waals surface area contributed by atoms with Crippen molar-refractivity contribution in [2.75, 3.05) is 13.7 Å². The van der Waals surface area contributed by atoms with Gasteiger partial charge in [-0.1, -0.05) is 0 Å². The predicted octanol–water partition coefficient (Wildman–Crippen LogP) is 3.16. The second kappa shape index (κ2) is 8.92. The van der Waals surface area contributed by atoms with Gasteiger partial charge in [-0.2, -0.15) is 0 Å². The first-order valence-electron chi connectivity index (χ1n) is 9.23. The van der Waals surface area contributed by atoms with E-state index in [1.807, 2.05) is 13.0 Å². The summed E-state index contributed by atoms with van der Waals surface area (Å²) in [6, 6.07) is 7.52. The highest BCUT2D eigenvalue weighted by atomic mass is 16.5. The van der Waals surface area contributed by atoms with Crippen molar-refractivity contribution < 1.29 is 4.74 Å². The SMILES string of the molecule is CCOc1ccc(-c2cnccn2)cc1CNC1CCC(NC)CC1. The van der Waals surface area contributed by atoms with E-state index in [0.717, 1.165) is 23.6 Å². The minimum absolute atomic E-state index is 0.583. The third-order valence-corrected chi connectivity index (χ3v) is 4.94. The number of hydrogen-bond donors (Lipinski definition) is 2. The van der Waals surface area contributed by atoms with E-state index in [0.29, 0.717) is 18.7 Å². The maximum atomic E-state index is 5.82. The Bertz CT molecular complexity index is 654. The maximum Gasteiger partial charge on any atom is 0.123 e. The van der Waals surface area contributed by atoms with Crippen LogP contribution in [0.25, 0.3) is 11.3 Å². The lowest BCUT2D eigenvalue weighted by Crippen LogP contribution is -2.38. The van der Waals surface area contributed by atoms with Crippen molar-refractivity contribution in [2.45, 2.75) is 51.2 Å². The summed E-state index contributed by atoms with van der Waals surface area (Å²) in [5.74, 6) is 0.951. The third kappa shape index (κ3) is 4.77. The lowest BCUT2D eigenvalue weighted by atomic mass is 9.91. The van der Waals surface area contributed by atoms with Crippen molar-refractivity contribution >= 4 is 0 Å². The molecule has 0 amide bonds. The first kappa shape index (κ1) is 17.8. The van der Waals surface area contributed by atoms with Gasteiger partial charge in [0.2, 0.25) is 0 Å². The minimum atomic E-state index is 0.583. The summed E-state index contributed by atoms with van der Waals surface area (Å²) >= 11 is 0. The highest BCUT2D eigenvalue weighted by molar-refractivity contribution is 5.61. The monoisotopic (exact) mass is 340 g/mol. The van der Waals surface area contributed by atoms with Gasteiger partial charge in [0, 0.05) is 42.1 Å². The van der Waals surface area contributed by atoms with E-state index < -0.39 is 0 Å². The summed E-state index contributed by atoms with van der Waals surface area (Å²) in [4.78, 5) is 8.57. The van der Waals surface area contributed by atoms with E-state index in [-0.39, 0.29) is 0 Å². The molecule has 0 aliphatic heterocycles. The largest absolute Gasteiger partial charge is 0.494 e. The van der Waals surface area contributed by atoms with Gasteiger partial charge in [0.1, 0.15) is 5.75 Å². The van der Waals surface area contributed by atoms with Gasteiger partial charge in [-0.3, -0.25) is 9.97 Å². The van der Waals surface area contributed by atoms with Gasteiger partial charge in [0.25, 0.3) is 0 Å². The summed E-state index contributed by atoms with van der Waals surface area (Å²) in [5, 5.41) is 7.11. The Kier molecular flexibility index (Phi) is 6.36. The molecule has 1 aromatic heterocycles.